The smallest absolute Gasteiger partial charge is 0.257 e. The molecule has 0 spiro atoms. The lowest BCUT2D eigenvalue weighted by molar-refractivity contribution is -0.123. The van der Waals surface area contributed by atoms with E-state index in [1.807, 2.05) is 0 Å². The van der Waals surface area contributed by atoms with Crippen molar-refractivity contribution in [3.8, 4) is 5.75 Å². The number of benzene rings is 1. The molecule has 20 heavy (non-hydrogen) atoms. The second-order valence-corrected chi connectivity index (χ2v) is 7.04. The fraction of sp³-hybridized carbons (Fsp3) is 0.462. The summed E-state index contributed by atoms with van der Waals surface area (Å²) in [7, 11) is -2.92. The first kappa shape index (κ1) is 14.8. The molecule has 110 valence electrons. The van der Waals surface area contributed by atoms with Crippen LogP contribution in [0, 0.1) is 11.7 Å². The number of amides is 1. The second kappa shape index (κ2) is 6.21. The van der Waals surface area contributed by atoms with Crippen molar-refractivity contribution in [2.24, 2.45) is 5.92 Å². The number of carbonyl (C=O) groups is 1. The lowest BCUT2D eigenvalue weighted by Crippen LogP contribution is -2.33. The molecule has 1 heterocycles. The Labute approximate surface area is 117 Å². The summed E-state index contributed by atoms with van der Waals surface area (Å²) in [6.45, 7) is 0.163. The Balaban J connectivity index is 1.69. The van der Waals surface area contributed by atoms with Crippen LogP contribution in [0.3, 0.4) is 0 Å². The number of hydrogen-bond donors (Lipinski definition) is 1. The summed E-state index contributed by atoms with van der Waals surface area (Å²) in [5.74, 6) is 0.0220. The fourth-order valence-corrected chi connectivity index (χ4v) is 3.88. The van der Waals surface area contributed by atoms with E-state index in [9.17, 15) is 17.6 Å². The molecule has 5 nitrogen and oxygen atoms in total. The Morgan fingerprint density at radius 2 is 2.05 bits per heavy atom. The van der Waals surface area contributed by atoms with Crippen molar-refractivity contribution in [1.82, 2.24) is 5.32 Å². The highest BCUT2D eigenvalue weighted by Crippen LogP contribution is 2.17. The van der Waals surface area contributed by atoms with Crippen LogP contribution < -0.4 is 10.1 Å². The van der Waals surface area contributed by atoms with E-state index in [-0.39, 0.29) is 35.8 Å². The van der Waals surface area contributed by atoms with Crippen molar-refractivity contribution in [3.05, 3.63) is 30.1 Å². The molecule has 0 aliphatic carbocycles. The molecule has 1 N–H and O–H groups in total. The maximum atomic E-state index is 12.7. The zero-order valence-electron chi connectivity index (χ0n) is 10.8. The van der Waals surface area contributed by atoms with E-state index in [2.05, 4.69) is 5.32 Å². The Morgan fingerprint density at radius 1 is 1.35 bits per heavy atom. The fourth-order valence-electron chi connectivity index (χ4n) is 2.02. The van der Waals surface area contributed by atoms with Crippen LogP contribution in [0.5, 0.6) is 5.75 Å². The number of halogens is 1. The van der Waals surface area contributed by atoms with Crippen LogP contribution in [0.4, 0.5) is 4.39 Å². The minimum atomic E-state index is -2.92. The van der Waals surface area contributed by atoms with Crippen molar-refractivity contribution < 1.29 is 22.3 Å². The third-order valence-electron chi connectivity index (χ3n) is 3.10. The number of sulfone groups is 1. The summed E-state index contributed by atoms with van der Waals surface area (Å²) in [5.41, 5.74) is 0. The van der Waals surface area contributed by atoms with Gasteiger partial charge in [0.1, 0.15) is 11.6 Å². The minimum absolute atomic E-state index is 0.0187. The molecule has 1 unspecified atom stereocenters. The van der Waals surface area contributed by atoms with Gasteiger partial charge in [-0.1, -0.05) is 0 Å². The molecule has 2 rings (SSSR count). The second-order valence-electron chi connectivity index (χ2n) is 4.82. The van der Waals surface area contributed by atoms with E-state index in [0.29, 0.717) is 18.7 Å². The van der Waals surface area contributed by atoms with Gasteiger partial charge in [-0.3, -0.25) is 4.79 Å². The van der Waals surface area contributed by atoms with E-state index >= 15 is 0 Å². The van der Waals surface area contributed by atoms with Gasteiger partial charge in [0.05, 0.1) is 11.5 Å². The number of nitrogens with one attached hydrogen (secondary N) is 1. The summed E-state index contributed by atoms with van der Waals surface area (Å²) >= 11 is 0. The Morgan fingerprint density at radius 3 is 2.65 bits per heavy atom. The first-order chi connectivity index (χ1) is 9.44. The van der Waals surface area contributed by atoms with Gasteiger partial charge in [-0.2, -0.15) is 0 Å². The molecule has 1 aromatic carbocycles. The van der Waals surface area contributed by atoms with E-state index in [1.165, 1.54) is 24.3 Å². The van der Waals surface area contributed by atoms with Crippen LogP contribution in [0.2, 0.25) is 0 Å². The average Bonchev–Trinajstić information content (AvgIpc) is 2.75. The number of rotatable bonds is 5. The molecule has 1 amide bonds. The van der Waals surface area contributed by atoms with Crippen molar-refractivity contribution in [1.29, 1.82) is 0 Å². The van der Waals surface area contributed by atoms with Crippen molar-refractivity contribution >= 4 is 15.7 Å². The Kier molecular flexibility index (Phi) is 4.59. The van der Waals surface area contributed by atoms with Gasteiger partial charge >= 0.3 is 0 Å². The van der Waals surface area contributed by atoms with Crippen LogP contribution in [-0.2, 0) is 14.6 Å². The van der Waals surface area contributed by atoms with Crippen LogP contribution >= 0.6 is 0 Å². The van der Waals surface area contributed by atoms with Crippen LogP contribution in [0.25, 0.3) is 0 Å². The van der Waals surface area contributed by atoms with Crippen molar-refractivity contribution in [2.45, 2.75) is 6.42 Å². The van der Waals surface area contributed by atoms with Gasteiger partial charge in [0.2, 0.25) is 0 Å². The lowest BCUT2D eigenvalue weighted by Gasteiger charge is -2.10. The summed E-state index contributed by atoms with van der Waals surface area (Å²) in [5, 5.41) is 2.64. The molecule has 1 aromatic rings. The zero-order valence-corrected chi connectivity index (χ0v) is 11.7. The molecule has 1 saturated heterocycles. The zero-order chi connectivity index (χ0) is 14.6. The Hall–Kier alpha value is -1.63. The third-order valence-corrected chi connectivity index (χ3v) is 4.94. The Bertz CT molecular complexity index is 571. The van der Waals surface area contributed by atoms with Gasteiger partial charge in [-0.05, 0) is 36.6 Å². The van der Waals surface area contributed by atoms with E-state index < -0.39 is 9.84 Å². The van der Waals surface area contributed by atoms with Crippen LogP contribution in [0.1, 0.15) is 6.42 Å². The van der Waals surface area contributed by atoms with Crippen LogP contribution in [-0.4, -0.2) is 39.0 Å². The largest absolute Gasteiger partial charge is 0.484 e. The molecular weight excluding hydrogens is 285 g/mol. The summed E-state index contributed by atoms with van der Waals surface area (Å²) in [6.07, 6.45) is 0.585. The van der Waals surface area contributed by atoms with Gasteiger partial charge in [-0.15, -0.1) is 0 Å². The quantitative estimate of drug-likeness (QED) is 0.871. The molecule has 0 aromatic heterocycles. The molecule has 0 saturated carbocycles. The molecule has 1 atom stereocenters. The summed E-state index contributed by atoms with van der Waals surface area (Å²) in [6, 6.07) is 5.37. The van der Waals surface area contributed by atoms with Gasteiger partial charge in [0, 0.05) is 6.54 Å². The molecule has 7 heteroatoms. The maximum Gasteiger partial charge on any atom is 0.257 e. The van der Waals surface area contributed by atoms with Crippen molar-refractivity contribution in [2.75, 3.05) is 24.7 Å². The van der Waals surface area contributed by atoms with Gasteiger partial charge < -0.3 is 10.1 Å². The first-order valence-corrected chi connectivity index (χ1v) is 8.12. The van der Waals surface area contributed by atoms with E-state index in [4.69, 9.17) is 4.74 Å². The standard InChI is InChI=1S/C13H16FNO4S/c14-11-1-3-12(4-2-11)19-8-13(16)15-7-10-5-6-20(17,18)9-10/h1-4,10H,5-9H2,(H,15,16). The molecule has 1 fully saturated rings. The maximum absolute atomic E-state index is 12.7. The van der Waals surface area contributed by atoms with Crippen LogP contribution in [0.15, 0.2) is 24.3 Å². The number of carbonyl (C=O) groups excluding carboxylic acids is 1. The third kappa shape index (κ3) is 4.48. The van der Waals surface area contributed by atoms with Gasteiger partial charge in [0.15, 0.2) is 16.4 Å². The molecule has 0 bridgehead atoms. The normalized spacial score (nSPS) is 20.6. The minimum Gasteiger partial charge on any atom is -0.484 e. The monoisotopic (exact) mass is 301 g/mol. The predicted molar refractivity (Wildman–Crippen MR) is 71.7 cm³/mol. The first-order valence-electron chi connectivity index (χ1n) is 6.30. The molecule has 1 aliphatic heterocycles. The number of ether oxygens (including phenoxy) is 1. The number of hydrogen-bond acceptors (Lipinski definition) is 4. The predicted octanol–water partition coefficient (Wildman–Crippen LogP) is 0.755. The SMILES string of the molecule is O=C(COc1ccc(F)cc1)NCC1CCS(=O)(=O)C1. The highest BCUT2D eigenvalue weighted by molar-refractivity contribution is 7.91. The van der Waals surface area contributed by atoms with E-state index in [1.54, 1.807) is 0 Å². The summed E-state index contributed by atoms with van der Waals surface area (Å²) < 4.78 is 40.4. The topological polar surface area (TPSA) is 72.5 Å². The molecular formula is C13H16FNO4S. The lowest BCUT2D eigenvalue weighted by atomic mass is 10.1. The van der Waals surface area contributed by atoms with Gasteiger partial charge in [-0.25, -0.2) is 12.8 Å². The highest BCUT2D eigenvalue weighted by Gasteiger charge is 2.27. The summed E-state index contributed by atoms with van der Waals surface area (Å²) in [4.78, 5) is 11.5. The molecule has 1 aliphatic rings. The van der Waals surface area contributed by atoms with Crippen molar-refractivity contribution in [3.63, 3.8) is 0 Å². The average molecular weight is 301 g/mol. The molecule has 0 radical (unpaired) electrons. The van der Waals surface area contributed by atoms with Gasteiger partial charge in [0.25, 0.3) is 5.91 Å². The highest BCUT2D eigenvalue weighted by atomic mass is 32.2. The van der Waals surface area contributed by atoms with E-state index in [0.717, 1.165) is 0 Å².